The first-order valence-corrected chi connectivity index (χ1v) is 5.57. The Morgan fingerprint density at radius 2 is 1.83 bits per heavy atom. The Bertz CT molecular complexity index is 586. The lowest BCUT2D eigenvalue weighted by Gasteiger charge is -2.04. The molecule has 0 atom stereocenters. The number of carbonyl (C=O) groups excluding carboxylic acids is 1. The lowest BCUT2D eigenvalue weighted by atomic mass is 10.2. The molecule has 0 aliphatic carbocycles. The van der Waals surface area contributed by atoms with Crippen molar-refractivity contribution in [2.45, 2.75) is 0 Å². The van der Waals surface area contributed by atoms with Crippen LogP contribution in [0.25, 0.3) is 0 Å². The van der Waals surface area contributed by atoms with Crippen molar-refractivity contribution in [3.8, 4) is 0 Å². The minimum absolute atomic E-state index is 0.0971. The number of aromatic nitrogens is 2. The third kappa shape index (κ3) is 3.15. The smallest absolute Gasteiger partial charge is 0.257 e. The van der Waals surface area contributed by atoms with E-state index < -0.39 is 11.9 Å². The quantitative estimate of drug-likeness (QED) is 0.863. The van der Waals surface area contributed by atoms with Crippen molar-refractivity contribution in [1.82, 2.24) is 9.97 Å². The highest BCUT2D eigenvalue weighted by molar-refractivity contribution is 6.33. The Labute approximate surface area is 112 Å². The molecule has 0 aromatic carbocycles. The summed E-state index contributed by atoms with van der Waals surface area (Å²) in [6.45, 7) is 0. The average Bonchev–Trinajstić information content (AvgIpc) is 2.27. The molecule has 2 aromatic heterocycles. The zero-order chi connectivity index (χ0) is 13.1. The van der Waals surface area contributed by atoms with Gasteiger partial charge < -0.3 is 5.32 Å². The van der Waals surface area contributed by atoms with Gasteiger partial charge in [0.25, 0.3) is 5.91 Å². The summed E-state index contributed by atoms with van der Waals surface area (Å²) in [5.74, 6) is -1.08. The van der Waals surface area contributed by atoms with E-state index in [1.807, 2.05) is 0 Å². The summed E-state index contributed by atoms with van der Waals surface area (Å²) < 4.78 is 12.8. The summed E-state index contributed by atoms with van der Waals surface area (Å²) in [6.07, 6.45) is 0. The van der Waals surface area contributed by atoms with Crippen LogP contribution in [0.4, 0.5) is 10.2 Å². The Morgan fingerprint density at radius 1 is 1.17 bits per heavy atom. The van der Waals surface area contributed by atoms with E-state index in [1.54, 1.807) is 0 Å². The van der Waals surface area contributed by atoms with Crippen molar-refractivity contribution in [3.05, 3.63) is 52.1 Å². The Balaban J connectivity index is 2.22. The van der Waals surface area contributed by atoms with Crippen LogP contribution in [0.3, 0.4) is 0 Å². The number of amides is 1. The van der Waals surface area contributed by atoms with E-state index in [-0.39, 0.29) is 21.7 Å². The van der Waals surface area contributed by atoms with E-state index in [1.165, 1.54) is 30.3 Å². The number of carbonyl (C=O) groups is 1. The number of rotatable bonds is 2. The summed E-state index contributed by atoms with van der Waals surface area (Å²) in [7, 11) is 0. The van der Waals surface area contributed by atoms with Gasteiger partial charge in [-0.05, 0) is 24.3 Å². The maximum absolute atomic E-state index is 12.8. The van der Waals surface area contributed by atoms with Crippen molar-refractivity contribution in [3.63, 3.8) is 0 Å². The molecule has 2 rings (SSSR count). The molecule has 4 nitrogen and oxygen atoms in total. The van der Waals surface area contributed by atoms with Crippen molar-refractivity contribution in [2.24, 2.45) is 0 Å². The molecule has 0 saturated heterocycles. The largest absolute Gasteiger partial charge is 0.306 e. The van der Waals surface area contributed by atoms with Gasteiger partial charge in [-0.1, -0.05) is 29.3 Å². The minimum atomic E-state index is -0.682. The molecule has 0 unspecified atom stereocenters. The molecule has 0 spiro atoms. The van der Waals surface area contributed by atoms with Crippen LogP contribution in [-0.2, 0) is 0 Å². The molecule has 0 aliphatic heterocycles. The van der Waals surface area contributed by atoms with Crippen molar-refractivity contribution >= 4 is 34.9 Å². The molecule has 92 valence electrons. The average molecular weight is 286 g/mol. The lowest BCUT2D eigenvalue weighted by molar-refractivity contribution is 0.102. The van der Waals surface area contributed by atoms with Crippen molar-refractivity contribution in [1.29, 1.82) is 0 Å². The lowest BCUT2D eigenvalue weighted by Crippen LogP contribution is -2.13. The van der Waals surface area contributed by atoms with Crippen LogP contribution in [0.5, 0.6) is 0 Å². The highest BCUT2D eigenvalue weighted by Crippen LogP contribution is 2.15. The molecule has 0 saturated carbocycles. The molecule has 0 radical (unpaired) electrons. The van der Waals surface area contributed by atoms with Gasteiger partial charge in [-0.25, -0.2) is 9.97 Å². The fourth-order valence-corrected chi connectivity index (χ4v) is 1.72. The van der Waals surface area contributed by atoms with E-state index in [0.29, 0.717) is 0 Å². The third-order valence-electron chi connectivity index (χ3n) is 1.98. The maximum Gasteiger partial charge on any atom is 0.257 e. The number of hydrogen-bond donors (Lipinski definition) is 1. The molecule has 0 fully saturated rings. The number of pyridine rings is 2. The number of hydrogen-bond acceptors (Lipinski definition) is 3. The summed E-state index contributed by atoms with van der Waals surface area (Å²) in [5.41, 5.74) is 0.214. The van der Waals surface area contributed by atoms with Gasteiger partial charge in [0, 0.05) is 5.56 Å². The normalized spacial score (nSPS) is 10.2. The van der Waals surface area contributed by atoms with Gasteiger partial charge >= 0.3 is 0 Å². The minimum Gasteiger partial charge on any atom is -0.306 e. The fraction of sp³-hybridized carbons (Fsp3) is 0. The van der Waals surface area contributed by atoms with Gasteiger partial charge in [0.1, 0.15) is 16.1 Å². The summed E-state index contributed by atoms with van der Waals surface area (Å²) >= 11 is 11.3. The second-order valence-corrected chi connectivity index (χ2v) is 4.08. The second-order valence-electron chi connectivity index (χ2n) is 3.30. The van der Waals surface area contributed by atoms with E-state index in [9.17, 15) is 9.18 Å². The van der Waals surface area contributed by atoms with Crippen molar-refractivity contribution in [2.75, 3.05) is 5.32 Å². The first-order valence-electron chi connectivity index (χ1n) is 4.81. The zero-order valence-electron chi connectivity index (χ0n) is 8.82. The summed E-state index contributed by atoms with van der Waals surface area (Å²) in [4.78, 5) is 19.0. The van der Waals surface area contributed by atoms with Gasteiger partial charge in [0.05, 0.1) is 0 Å². The number of nitrogens with one attached hydrogen (secondary N) is 1. The van der Waals surface area contributed by atoms with E-state index >= 15 is 0 Å². The molecular formula is C11H6Cl2FN3O. The van der Waals surface area contributed by atoms with Crippen molar-refractivity contribution < 1.29 is 9.18 Å². The van der Waals surface area contributed by atoms with Crippen LogP contribution < -0.4 is 5.32 Å². The van der Waals surface area contributed by atoms with Gasteiger partial charge in [-0.3, -0.25) is 4.79 Å². The zero-order valence-corrected chi connectivity index (χ0v) is 10.3. The first-order chi connectivity index (χ1) is 8.54. The number of halogens is 3. The van der Waals surface area contributed by atoms with Crippen LogP contribution in [0.2, 0.25) is 10.3 Å². The van der Waals surface area contributed by atoms with Gasteiger partial charge in [0.15, 0.2) is 0 Å². The van der Waals surface area contributed by atoms with Gasteiger partial charge in [0.2, 0.25) is 5.95 Å². The number of nitrogens with zero attached hydrogens (tertiary/aromatic N) is 2. The topological polar surface area (TPSA) is 54.9 Å². The summed E-state index contributed by atoms with van der Waals surface area (Å²) in [5, 5.41) is 2.61. The number of anilines is 1. The summed E-state index contributed by atoms with van der Waals surface area (Å²) in [6, 6.07) is 6.77. The van der Waals surface area contributed by atoms with Crippen LogP contribution in [0.15, 0.2) is 30.3 Å². The SMILES string of the molecule is O=C(Nc1cccc(F)n1)c1cc(Cl)nc(Cl)c1. The predicted octanol–water partition coefficient (Wildman–Crippen LogP) is 3.17. The Kier molecular flexibility index (Phi) is 3.74. The molecule has 2 heterocycles. The molecule has 0 aliphatic rings. The van der Waals surface area contributed by atoms with Crippen LogP contribution >= 0.6 is 23.2 Å². The standard InChI is InChI=1S/C11H6Cl2FN3O/c12-7-4-6(5-8(13)15-7)11(18)17-10-3-1-2-9(14)16-10/h1-5H,(H,16,17,18). The second kappa shape index (κ2) is 5.29. The van der Waals surface area contributed by atoms with E-state index in [4.69, 9.17) is 23.2 Å². The van der Waals surface area contributed by atoms with Crippen LogP contribution in [0, 0.1) is 5.95 Å². The monoisotopic (exact) mass is 285 g/mol. The van der Waals surface area contributed by atoms with Gasteiger partial charge in [-0.15, -0.1) is 0 Å². The van der Waals surface area contributed by atoms with Crippen LogP contribution in [-0.4, -0.2) is 15.9 Å². The fourth-order valence-electron chi connectivity index (χ4n) is 1.26. The molecule has 1 N–H and O–H groups in total. The van der Waals surface area contributed by atoms with Gasteiger partial charge in [-0.2, -0.15) is 4.39 Å². The molecule has 2 aromatic rings. The Morgan fingerprint density at radius 3 is 2.44 bits per heavy atom. The van der Waals surface area contributed by atoms with E-state index in [0.717, 1.165) is 0 Å². The Hall–Kier alpha value is -1.72. The predicted molar refractivity (Wildman–Crippen MR) is 66.4 cm³/mol. The molecule has 1 amide bonds. The van der Waals surface area contributed by atoms with Crippen LogP contribution in [0.1, 0.15) is 10.4 Å². The maximum atomic E-state index is 12.8. The molecule has 18 heavy (non-hydrogen) atoms. The third-order valence-corrected chi connectivity index (χ3v) is 2.37. The van der Waals surface area contributed by atoms with E-state index in [2.05, 4.69) is 15.3 Å². The molecular weight excluding hydrogens is 280 g/mol. The highest BCUT2D eigenvalue weighted by atomic mass is 35.5. The molecule has 7 heteroatoms. The molecule has 0 bridgehead atoms. The highest BCUT2D eigenvalue weighted by Gasteiger charge is 2.10. The first kappa shape index (κ1) is 12.7.